The number of H-pyrrole nitrogens is 1. The molecule has 6 heteroatoms. The summed E-state index contributed by atoms with van der Waals surface area (Å²) in [6, 6.07) is 1.77. The molecule has 1 unspecified atom stereocenters. The van der Waals surface area contributed by atoms with Gasteiger partial charge < -0.3 is 10.0 Å². The SMILES string of the molecule is O=C(O)CC1CCCN(C(=O)Cc2ccn[nH]2)C1. The molecule has 0 radical (unpaired) electrons. The summed E-state index contributed by atoms with van der Waals surface area (Å²) < 4.78 is 0. The third-order valence-electron chi connectivity index (χ3n) is 3.24. The van der Waals surface area contributed by atoms with Gasteiger partial charge in [0.1, 0.15) is 0 Å². The van der Waals surface area contributed by atoms with Gasteiger partial charge in [0.25, 0.3) is 0 Å². The summed E-state index contributed by atoms with van der Waals surface area (Å²) in [4.78, 5) is 24.5. The average molecular weight is 251 g/mol. The lowest BCUT2D eigenvalue weighted by atomic mass is 9.94. The van der Waals surface area contributed by atoms with Crippen molar-refractivity contribution in [2.75, 3.05) is 13.1 Å². The number of carboxylic acid groups (broad SMARTS) is 1. The highest BCUT2D eigenvalue weighted by Crippen LogP contribution is 2.20. The first-order valence-corrected chi connectivity index (χ1v) is 6.13. The maximum absolute atomic E-state index is 12.0. The second kappa shape index (κ2) is 5.66. The molecule has 1 aromatic rings. The Morgan fingerprint density at radius 3 is 3.06 bits per heavy atom. The van der Waals surface area contributed by atoms with Crippen LogP contribution >= 0.6 is 0 Å². The average Bonchev–Trinajstić information content (AvgIpc) is 2.81. The highest BCUT2D eigenvalue weighted by molar-refractivity contribution is 5.78. The zero-order chi connectivity index (χ0) is 13.0. The van der Waals surface area contributed by atoms with Crippen molar-refractivity contribution in [3.8, 4) is 0 Å². The molecule has 0 aromatic carbocycles. The molecule has 0 saturated carbocycles. The van der Waals surface area contributed by atoms with Crippen LogP contribution in [-0.2, 0) is 16.0 Å². The zero-order valence-corrected chi connectivity index (χ0v) is 10.1. The van der Waals surface area contributed by atoms with Crippen LogP contribution in [-0.4, -0.2) is 45.2 Å². The number of hydrogen-bond acceptors (Lipinski definition) is 3. The van der Waals surface area contributed by atoms with E-state index in [1.54, 1.807) is 17.2 Å². The van der Waals surface area contributed by atoms with Crippen molar-refractivity contribution in [2.45, 2.75) is 25.7 Å². The number of piperidine rings is 1. The fourth-order valence-corrected chi connectivity index (χ4v) is 2.36. The minimum atomic E-state index is -0.789. The number of aromatic nitrogens is 2. The fraction of sp³-hybridized carbons (Fsp3) is 0.583. The molecule has 0 spiro atoms. The number of aromatic amines is 1. The van der Waals surface area contributed by atoms with Gasteiger partial charge in [0.2, 0.25) is 5.91 Å². The highest BCUT2D eigenvalue weighted by atomic mass is 16.4. The molecule has 1 aliphatic rings. The van der Waals surface area contributed by atoms with Crippen LogP contribution in [0.3, 0.4) is 0 Å². The van der Waals surface area contributed by atoms with Gasteiger partial charge >= 0.3 is 5.97 Å². The molecular weight excluding hydrogens is 234 g/mol. The minimum Gasteiger partial charge on any atom is -0.481 e. The van der Waals surface area contributed by atoms with Gasteiger partial charge in [-0.25, -0.2) is 0 Å². The summed E-state index contributed by atoms with van der Waals surface area (Å²) in [7, 11) is 0. The number of aliphatic carboxylic acids is 1. The number of carbonyl (C=O) groups is 2. The third-order valence-corrected chi connectivity index (χ3v) is 3.24. The van der Waals surface area contributed by atoms with Crippen molar-refractivity contribution in [3.63, 3.8) is 0 Å². The molecule has 1 saturated heterocycles. The van der Waals surface area contributed by atoms with Crippen molar-refractivity contribution in [1.29, 1.82) is 0 Å². The topological polar surface area (TPSA) is 86.3 Å². The fourth-order valence-electron chi connectivity index (χ4n) is 2.36. The third kappa shape index (κ3) is 3.32. The Kier molecular flexibility index (Phi) is 3.96. The second-order valence-corrected chi connectivity index (χ2v) is 4.70. The van der Waals surface area contributed by atoms with Gasteiger partial charge in [0.15, 0.2) is 0 Å². The number of nitrogens with zero attached hydrogens (tertiary/aromatic N) is 2. The number of carboxylic acids is 1. The molecule has 1 amide bonds. The van der Waals surface area contributed by atoms with Crippen LogP contribution in [0.1, 0.15) is 25.0 Å². The standard InChI is InChI=1S/C12H17N3O3/c16-11(7-10-3-4-13-14-10)15-5-1-2-9(8-15)6-12(17)18/h3-4,9H,1-2,5-8H2,(H,13,14)(H,17,18). The number of likely N-dealkylation sites (tertiary alicyclic amines) is 1. The molecule has 1 atom stereocenters. The monoisotopic (exact) mass is 251 g/mol. The summed E-state index contributed by atoms with van der Waals surface area (Å²) in [6.45, 7) is 1.28. The maximum atomic E-state index is 12.0. The molecular formula is C12H17N3O3. The quantitative estimate of drug-likeness (QED) is 0.823. The van der Waals surface area contributed by atoms with Crippen LogP contribution < -0.4 is 0 Å². The van der Waals surface area contributed by atoms with Gasteiger partial charge in [-0.1, -0.05) is 0 Å². The van der Waals surface area contributed by atoms with E-state index in [-0.39, 0.29) is 18.2 Å². The van der Waals surface area contributed by atoms with Gasteiger partial charge in [0, 0.05) is 31.4 Å². The molecule has 18 heavy (non-hydrogen) atoms. The molecule has 0 bridgehead atoms. The van der Waals surface area contributed by atoms with Crippen LogP contribution in [0.4, 0.5) is 0 Å². The van der Waals surface area contributed by atoms with E-state index in [1.165, 1.54) is 0 Å². The van der Waals surface area contributed by atoms with Crippen molar-refractivity contribution in [3.05, 3.63) is 18.0 Å². The van der Waals surface area contributed by atoms with E-state index in [9.17, 15) is 9.59 Å². The first kappa shape index (κ1) is 12.6. The Bertz CT molecular complexity index is 416. The lowest BCUT2D eigenvalue weighted by molar-refractivity contribution is -0.140. The smallest absolute Gasteiger partial charge is 0.303 e. The maximum Gasteiger partial charge on any atom is 0.303 e. The molecule has 1 aliphatic heterocycles. The summed E-state index contributed by atoms with van der Waals surface area (Å²) in [5, 5.41) is 15.3. The van der Waals surface area contributed by atoms with Gasteiger partial charge in [-0.05, 0) is 24.8 Å². The number of amides is 1. The summed E-state index contributed by atoms with van der Waals surface area (Å²) in [5.41, 5.74) is 0.792. The number of nitrogens with one attached hydrogen (secondary N) is 1. The molecule has 98 valence electrons. The van der Waals surface area contributed by atoms with Gasteiger partial charge in [-0.2, -0.15) is 5.10 Å². The van der Waals surface area contributed by atoms with E-state index in [0.717, 1.165) is 25.1 Å². The Balaban J connectivity index is 1.88. The molecule has 2 N–H and O–H groups in total. The van der Waals surface area contributed by atoms with Crippen molar-refractivity contribution in [2.24, 2.45) is 5.92 Å². The van der Waals surface area contributed by atoms with E-state index in [1.807, 2.05) is 0 Å². The van der Waals surface area contributed by atoms with E-state index in [0.29, 0.717) is 13.0 Å². The molecule has 2 heterocycles. The van der Waals surface area contributed by atoms with Crippen LogP contribution in [0.2, 0.25) is 0 Å². The van der Waals surface area contributed by atoms with Gasteiger partial charge in [-0.3, -0.25) is 14.7 Å². The van der Waals surface area contributed by atoms with Crippen LogP contribution in [0.15, 0.2) is 12.3 Å². The summed E-state index contributed by atoms with van der Waals surface area (Å²) in [6.07, 6.45) is 3.84. The molecule has 1 fully saturated rings. The van der Waals surface area contributed by atoms with Crippen LogP contribution in [0.25, 0.3) is 0 Å². The minimum absolute atomic E-state index is 0.0364. The predicted molar refractivity (Wildman–Crippen MR) is 63.8 cm³/mol. The van der Waals surface area contributed by atoms with Gasteiger partial charge in [-0.15, -0.1) is 0 Å². The Morgan fingerprint density at radius 2 is 2.39 bits per heavy atom. The molecule has 2 rings (SSSR count). The summed E-state index contributed by atoms with van der Waals surface area (Å²) in [5.74, 6) is -0.667. The Labute approximate surface area is 105 Å². The van der Waals surface area contributed by atoms with E-state index < -0.39 is 5.97 Å². The second-order valence-electron chi connectivity index (χ2n) is 4.70. The zero-order valence-electron chi connectivity index (χ0n) is 10.1. The lowest BCUT2D eigenvalue weighted by Gasteiger charge is -2.32. The van der Waals surface area contributed by atoms with Crippen LogP contribution in [0, 0.1) is 5.92 Å². The van der Waals surface area contributed by atoms with Gasteiger partial charge in [0.05, 0.1) is 6.42 Å². The normalized spacial score (nSPS) is 19.8. The largest absolute Gasteiger partial charge is 0.481 e. The van der Waals surface area contributed by atoms with Crippen LogP contribution in [0.5, 0.6) is 0 Å². The lowest BCUT2D eigenvalue weighted by Crippen LogP contribution is -2.41. The Morgan fingerprint density at radius 1 is 1.56 bits per heavy atom. The van der Waals surface area contributed by atoms with Crippen molar-refractivity contribution < 1.29 is 14.7 Å². The molecule has 6 nitrogen and oxygen atoms in total. The summed E-state index contributed by atoms with van der Waals surface area (Å²) >= 11 is 0. The number of hydrogen-bond donors (Lipinski definition) is 2. The van der Waals surface area contributed by atoms with Crippen molar-refractivity contribution >= 4 is 11.9 Å². The van der Waals surface area contributed by atoms with E-state index >= 15 is 0 Å². The first-order valence-electron chi connectivity index (χ1n) is 6.13. The number of rotatable bonds is 4. The molecule has 1 aromatic heterocycles. The first-order chi connectivity index (χ1) is 8.65. The Hall–Kier alpha value is -1.85. The molecule has 0 aliphatic carbocycles. The predicted octanol–water partition coefficient (Wildman–Crippen LogP) is 0.665. The van der Waals surface area contributed by atoms with Crippen molar-refractivity contribution in [1.82, 2.24) is 15.1 Å². The number of carbonyl (C=O) groups excluding carboxylic acids is 1. The highest BCUT2D eigenvalue weighted by Gasteiger charge is 2.25. The van der Waals surface area contributed by atoms with E-state index in [2.05, 4.69) is 10.2 Å². The van der Waals surface area contributed by atoms with E-state index in [4.69, 9.17) is 5.11 Å².